The smallest absolute Gasteiger partial charge is 0.387 e. The Labute approximate surface area is 128 Å². The zero-order valence-corrected chi connectivity index (χ0v) is 12.5. The Morgan fingerprint density at radius 1 is 1.38 bits per heavy atom. The van der Waals surface area contributed by atoms with Crippen LogP contribution in [0.1, 0.15) is 18.4 Å². The maximum absolute atomic E-state index is 12.2. The Morgan fingerprint density at radius 3 is 2.90 bits per heavy atom. The van der Waals surface area contributed by atoms with Crippen molar-refractivity contribution >= 4 is 11.6 Å². The number of benzene rings is 1. The van der Waals surface area contributed by atoms with Gasteiger partial charge in [-0.25, -0.2) is 0 Å². The maximum atomic E-state index is 12.2. The molecule has 0 aromatic heterocycles. The van der Waals surface area contributed by atoms with E-state index < -0.39 is 6.61 Å². The van der Waals surface area contributed by atoms with Gasteiger partial charge in [-0.15, -0.1) is 0 Å². The molecular weight excluding hydrogens is 298 g/mol. The molecule has 1 atom stereocenters. The van der Waals surface area contributed by atoms with Gasteiger partial charge < -0.3 is 10.1 Å². The van der Waals surface area contributed by atoms with Gasteiger partial charge in [0.05, 0.1) is 5.02 Å². The third kappa shape index (κ3) is 3.47. The van der Waals surface area contributed by atoms with Gasteiger partial charge in [0.15, 0.2) is 0 Å². The van der Waals surface area contributed by atoms with Gasteiger partial charge in [-0.05, 0) is 49.0 Å². The van der Waals surface area contributed by atoms with E-state index in [2.05, 4.69) is 15.0 Å². The van der Waals surface area contributed by atoms with Crippen LogP contribution in [-0.4, -0.2) is 37.7 Å². The number of alkyl halides is 2. The van der Waals surface area contributed by atoms with E-state index in [1.165, 1.54) is 18.9 Å². The zero-order valence-electron chi connectivity index (χ0n) is 11.7. The number of halogens is 3. The van der Waals surface area contributed by atoms with Crippen molar-refractivity contribution in [2.75, 3.05) is 26.2 Å². The van der Waals surface area contributed by atoms with Gasteiger partial charge in [-0.1, -0.05) is 17.7 Å². The third-order valence-corrected chi connectivity index (χ3v) is 4.76. The van der Waals surface area contributed by atoms with Gasteiger partial charge in [0.25, 0.3) is 0 Å². The maximum Gasteiger partial charge on any atom is 0.387 e. The molecule has 0 saturated carbocycles. The Morgan fingerprint density at radius 2 is 2.24 bits per heavy atom. The molecule has 1 spiro atoms. The van der Waals surface area contributed by atoms with Crippen LogP contribution in [0.25, 0.3) is 0 Å². The van der Waals surface area contributed by atoms with Crippen LogP contribution in [0.4, 0.5) is 8.78 Å². The van der Waals surface area contributed by atoms with E-state index in [1.807, 2.05) is 6.07 Å². The van der Waals surface area contributed by atoms with Crippen molar-refractivity contribution in [1.82, 2.24) is 10.2 Å². The summed E-state index contributed by atoms with van der Waals surface area (Å²) in [5.74, 6) is 0.0355. The first-order valence-electron chi connectivity index (χ1n) is 7.23. The Kier molecular flexibility index (Phi) is 4.33. The Hall–Kier alpha value is -0.910. The standard InChI is InChI=1S/C15H19ClF2N2O/c16-12-7-11(1-2-13(12)21-14(17)18)8-20-6-4-15(10-20)3-5-19-9-15/h1-2,7,14,19H,3-6,8-10H2. The molecule has 2 fully saturated rings. The lowest BCUT2D eigenvalue weighted by atomic mass is 9.86. The predicted octanol–water partition coefficient (Wildman–Crippen LogP) is 3.13. The lowest BCUT2D eigenvalue weighted by Crippen LogP contribution is -2.28. The van der Waals surface area contributed by atoms with Gasteiger partial charge >= 0.3 is 6.61 Å². The van der Waals surface area contributed by atoms with Crippen LogP contribution in [0.5, 0.6) is 5.75 Å². The summed E-state index contributed by atoms with van der Waals surface area (Å²) < 4.78 is 28.8. The normalized spacial score (nSPS) is 26.1. The zero-order chi connectivity index (χ0) is 14.9. The van der Waals surface area contributed by atoms with E-state index in [0.717, 1.165) is 38.3 Å². The van der Waals surface area contributed by atoms with Crippen molar-refractivity contribution in [2.24, 2.45) is 5.41 Å². The van der Waals surface area contributed by atoms with Gasteiger partial charge in [-0.3, -0.25) is 4.90 Å². The molecule has 1 aromatic rings. The molecule has 21 heavy (non-hydrogen) atoms. The van der Waals surface area contributed by atoms with Crippen molar-refractivity contribution in [1.29, 1.82) is 0 Å². The number of hydrogen-bond acceptors (Lipinski definition) is 3. The van der Waals surface area contributed by atoms with Crippen molar-refractivity contribution in [3.8, 4) is 5.75 Å². The summed E-state index contributed by atoms with van der Waals surface area (Å²) in [5.41, 5.74) is 1.47. The minimum Gasteiger partial charge on any atom is -0.433 e. The summed E-state index contributed by atoms with van der Waals surface area (Å²) in [7, 11) is 0. The molecule has 0 bridgehead atoms. The quantitative estimate of drug-likeness (QED) is 0.923. The molecule has 1 unspecified atom stereocenters. The topological polar surface area (TPSA) is 24.5 Å². The summed E-state index contributed by atoms with van der Waals surface area (Å²) >= 11 is 5.99. The average Bonchev–Trinajstić information content (AvgIpc) is 3.04. The number of nitrogens with one attached hydrogen (secondary N) is 1. The molecule has 3 nitrogen and oxygen atoms in total. The van der Waals surface area contributed by atoms with E-state index in [4.69, 9.17) is 11.6 Å². The second-order valence-electron chi connectivity index (χ2n) is 6.03. The fraction of sp³-hybridized carbons (Fsp3) is 0.600. The fourth-order valence-corrected chi connectivity index (χ4v) is 3.65. The van der Waals surface area contributed by atoms with Gasteiger partial charge in [-0.2, -0.15) is 8.78 Å². The third-order valence-electron chi connectivity index (χ3n) is 4.47. The van der Waals surface area contributed by atoms with E-state index in [1.54, 1.807) is 6.07 Å². The van der Waals surface area contributed by atoms with Crippen molar-refractivity contribution in [2.45, 2.75) is 26.0 Å². The molecule has 3 rings (SSSR count). The molecule has 2 aliphatic rings. The van der Waals surface area contributed by atoms with Crippen molar-refractivity contribution in [3.05, 3.63) is 28.8 Å². The summed E-state index contributed by atoms with van der Waals surface area (Å²) in [5, 5.41) is 3.68. The van der Waals surface area contributed by atoms with Gasteiger partial charge in [0.2, 0.25) is 0 Å². The molecule has 2 aliphatic heterocycles. The highest BCUT2D eigenvalue weighted by Crippen LogP contribution is 2.37. The van der Waals surface area contributed by atoms with Crippen molar-refractivity contribution < 1.29 is 13.5 Å². The SMILES string of the molecule is FC(F)Oc1ccc(CN2CCC3(CCNC3)C2)cc1Cl. The first-order valence-corrected chi connectivity index (χ1v) is 7.60. The van der Waals surface area contributed by atoms with Crippen LogP contribution in [0.15, 0.2) is 18.2 Å². The second kappa shape index (κ2) is 6.07. The van der Waals surface area contributed by atoms with E-state index >= 15 is 0 Å². The highest BCUT2D eigenvalue weighted by Gasteiger charge is 2.39. The largest absolute Gasteiger partial charge is 0.433 e. The number of hydrogen-bond donors (Lipinski definition) is 1. The first kappa shape index (κ1) is 15.0. The molecule has 0 amide bonds. The summed E-state index contributed by atoms with van der Waals surface area (Å²) in [6.45, 7) is 2.34. The number of rotatable bonds is 4. The molecule has 2 heterocycles. The van der Waals surface area contributed by atoms with Crippen LogP contribution in [0.3, 0.4) is 0 Å². The molecule has 116 valence electrons. The number of likely N-dealkylation sites (tertiary alicyclic amines) is 1. The average molecular weight is 317 g/mol. The molecular formula is C15H19ClF2N2O. The van der Waals surface area contributed by atoms with Gasteiger partial charge in [0.1, 0.15) is 5.75 Å². The summed E-state index contributed by atoms with van der Waals surface area (Å²) in [6, 6.07) is 5.05. The first-order chi connectivity index (χ1) is 10.1. The monoisotopic (exact) mass is 316 g/mol. The van der Waals surface area contributed by atoms with Crippen LogP contribution >= 0.6 is 11.6 Å². The minimum absolute atomic E-state index is 0.0355. The molecule has 0 aliphatic carbocycles. The summed E-state index contributed by atoms with van der Waals surface area (Å²) in [6.07, 6.45) is 2.46. The Bertz CT molecular complexity index is 506. The van der Waals surface area contributed by atoms with E-state index in [0.29, 0.717) is 5.41 Å². The second-order valence-corrected chi connectivity index (χ2v) is 6.44. The predicted molar refractivity (Wildman–Crippen MR) is 77.9 cm³/mol. The van der Waals surface area contributed by atoms with Gasteiger partial charge in [0, 0.05) is 19.6 Å². The van der Waals surface area contributed by atoms with E-state index in [-0.39, 0.29) is 10.8 Å². The lowest BCUT2D eigenvalue weighted by Gasteiger charge is -2.23. The molecule has 6 heteroatoms. The Balaban J connectivity index is 1.62. The fourth-order valence-electron chi connectivity index (χ4n) is 3.40. The lowest BCUT2D eigenvalue weighted by molar-refractivity contribution is -0.0498. The minimum atomic E-state index is -2.85. The number of nitrogens with zero attached hydrogens (tertiary/aromatic N) is 1. The van der Waals surface area contributed by atoms with E-state index in [9.17, 15) is 8.78 Å². The highest BCUT2D eigenvalue weighted by molar-refractivity contribution is 6.32. The summed E-state index contributed by atoms with van der Waals surface area (Å²) in [4.78, 5) is 2.41. The van der Waals surface area contributed by atoms with Crippen molar-refractivity contribution in [3.63, 3.8) is 0 Å². The number of ether oxygens (including phenoxy) is 1. The molecule has 0 radical (unpaired) electrons. The molecule has 2 saturated heterocycles. The molecule has 1 aromatic carbocycles. The van der Waals surface area contributed by atoms with Crippen LogP contribution < -0.4 is 10.1 Å². The molecule has 1 N–H and O–H groups in total. The van der Waals surface area contributed by atoms with Crippen LogP contribution in [0.2, 0.25) is 5.02 Å². The van der Waals surface area contributed by atoms with Crippen LogP contribution in [-0.2, 0) is 6.54 Å². The van der Waals surface area contributed by atoms with Crippen LogP contribution in [0, 0.1) is 5.41 Å². The highest BCUT2D eigenvalue weighted by atomic mass is 35.5.